The minimum absolute atomic E-state index is 0.853. The molecule has 1 aromatic carbocycles. The van der Waals surface area contributed by atoms with Crippen molar-refractivity contribution < 1.29 is 0 Å². The largest absolute Gasteiger partial charge is 0.253 e. The van der Waals surface area contributed by atoms with Crippen molar-refractivity contribution >= 4 is 18.2 Å². The van der Waals surface area contributed by atoms with Crippen molar-refractivity contribution in [2.24, 2.45) is 0 Å². The molecule has 0 aliphatic heterocycles. The summed E-state index contributed by atoms with van der Waals surface area (Å²) in [5, 5.41) is 0. The zero-order chi connectivity index (χ0) is 18.1. The Bertz CT molecular complexity index is 789. The van der Waals surface area contributed by atoms with Crippen LogP contribution in [0.15, 0.2) is 66.0 Å². The number of aryl methyl sites for hydroxylation is 1. The van der Waals surface area contributed by atoms with Gasteiger partial charge in [0, 0.05) is 0 Å². The maximum absolute atomic E-state index is 4.45. The molecule has 0 unspecified atom stereocenters. The van der Waals surface area contributed by atoms with Crippen LogP contribution in [0.2, 0.25) is 0 Å². The van der Waals surface area contributed by atoms with E-state index >= 15 is 0 Å². The standard InChI is InChI=1S/C23H26N2/c1-5-18(2)6-7-19(3)10-14-22-16-25-23(17-24-22)15-13-21-11-8-20(4)9-12-21/h6-17H,5H2,1-4H3/b14-10+,15-13+,18-6-,19-7+. The van der Waals surface area contributed by atoms with Crippen LogP contribution in [0.1, 0.15) is 49.7 Å². The van der Waals surface area contributed by atoms with E-state index in [0.717, 1.165) is 23.4 Å². The van der Waals surface area contributed by atoms with Crippen LogP contribution >= 0.6 is 0 Å². The predicted octanol–water partition coefficient (Wildman–Crippen LogP) is 6.27. The van der Waals surface area contributed by atoms with Crippen molar-refractivity contribution in [3.63, 3.8) is 0 Å². The summed E-state index contributed by atoms with van der Waals surface area (Å²) < 4.78 is 0. The van der Waals surface area contributed by atoms with E-state index in [4.69, 9.17) is 0 Å². The van der Waals surface area contributed by atoms with Crippen LogP contribution < -0.4 is 0 Å². The third kappa shape index (κ3) is 6.72. The molecule has 25 heavy (non-hydrogen) atoms. The van der Waals surface area contributed by atoms with E-state index in [0.29, 0.717) is 0 Å². The summed E-state index contributed by atoms with van der Waals surface area (Å²) in [6.45, 7) is 8.47. The Kier molecular flexibility index (Phi) is 7.09. The minimum atomic E-state index is 0.853. The van der Waals surface area contributed by atoms with Crippen molar-refractivity contribution in [1.82, 2.24) is 9.97 Å². The van der Waals surface area contributed by atoms with Crippen LogP contribution in [-0.4, -0.2) is 9.97 Å². The fourth-order valence-electron chi connectivity index (χ4n) is 2.04. The number of benzene rings is 1. The van der Waals surface area contributed by atoms with Gasteiger partial charge in [-0.3, -0.25) is 9.97 Å². The Balaban J connectivity index is 1.99. The van der Waals surface area contributed by atoms with Gasteiger partial charge >= 0.3 is 0 Å². The molecular formula is C23H26N2. The van der Waals surface area contributed by atoms with Gasteiger partial charge in [-0.2, -0.15) is 0 Å². The van der Waals surface area contributed by atoms with Crippen molar-refractivity contribution in [2.45, 2.75) is 34.1 Å². The maximum atomic E-state index is 4.45. The molecule has 2 aromatic rings. The lowest BCUT2D eigenvalue weighted by Crippen LogP contribution is -1.86. The third-order valence-corrected chi connectivity index (χ3v) is 3.92. The van der Waals surface area contributed by atoms with Gasteiger partial charge < -0.3 is 0 Å². The van der Waals surface area contributed by atoms with Crippen LogP contribution in [0.25, 0.3) is 18.2 Å². The number of nitrogens with zero attached hydrogens (tertiary/aromatic N) is 2. The van der Waals surface area contributed by atoms with Gasteiger partial charge in [0.1, 0.15) is 0 Å². The molecule has 1 aromatic heterocycles. The highest BCUT2D eigenvalue weighted by molar-refractivity contribution is 5.67. The lowest BCUT2D eigenvalue weighted by Gasteiger charge is -1.97. The Labute approximate surface area is 151 Å². The van der Waals surface area contributed by atoms with E-state index in [1.54, 1.807) is 12.4 Å². The maximum Gasteiger partial charge on any atom is 0.0813 e. The molecule has 2 heteroatoms. The van der Waals surface area contributed by atoms with Gasteiger partial charge in [0.15, 0.2) is 0 Å². The van der Waals surface area contributed by atoms with Crippen LogP contribution in [0, 0.1) is 6.92 Å². The number of aromatic nitrogens is 2. The van der Waals surface area contributed by atoms with Crippen LogP contribution in [0.5, 0.6) is 0 Å². The van der Waals surface area contributed by atoms with Crippen molar-refractivity contribution in [3.05, 3.63) is 88.5 Å². The molecule has 0 saturated heterocycles. The highest BCUT2D eigenvalue weighted by atomic mass is 14.8. The number of rotatable bonds is 6. The van der Waals surface area contributed by atoms with Gasteiger partial charge in [0.05, 0.1) is 23.8 Å². The van der Waals surface area contributed by atoms with Crippen molar-refractivity contribution in [1.29, 1.82) is 0 Å². The number of hydrogen-bond acceptors (Lipinski definition) is 2. The second kappa shape index (κ2) is 9.53. The fourth-order valence-corrected chi connectivity index (χ4v) is 2.04. The van der Waals surface area contributed by atoms with E-state index in [2.05, 4.69) is 80.2 Å². The summed E-state index contributed by atoms with van der Waals surface area (Å²) in [6.07, 6.45) is 17.0. The Morgan fingerprint density at radius 3 is 2.12 bits per heavy atom. The average Bonchev–Trinajstić information content (AvgIpc) is 2.64. The Morgan fingerprint density at radius 1 is 0.880 bits per heavy atom. The van der Waals surface area contributed by atoms with E-state index in [1.165, 1.54) is 16.7 Å². The fraction of sp³-hybridized carbons (Fsp3) is 0.217. The van der Waals surface area contributed by atoms with Gasteiger partial charge in [-0.1, -0.05) is 72.2 Å². The van der Waals surface area contributed by atoms with Gasteiger partial charge in [-0.15, -0.1) is 0 Å². The summed E-state index contributed by atoms with van der Waals surface area (Å²) in [5.41, 5.74) is 6.70. The van der Waals surface area contributed by atoms with Crippen LogP contribution in [-0.2, 0) is 0 Å². The lowest BCUT2D eigenvalue weighted by atomic mass is 10.1. The molecule has 0 aliphatic rings. The van der Waals surface area contributed by atoms with E-state index in [1.807, 2.05) is 18.2 Å². The Hall–Kier alpha value is -2.74. The van der Waals surface area contributed by atoms with Crippen LogP contribution in [0.3, 0.4) is 0 Å². The molecule has 1 heterocycles. The van der Waals surface area contributed by atoms with Gasteiger partial charge in [0.25, 0.3) is 0 Å². The molecular weight excluding hydrogens is 304 g/mol. The normalized spacial score (nSPS) is 13.1. The first-order valence-corrected chi connectivity index (χ1v) is 8.66. The second-order valence-electron chi connectivity index (χ2n) is 6.22. The summed E-state index contributed by atoms with van der Waals surface area (Å²) >= 11 is 0. The van der Waals surface area contributed by atoms with Gasteiger partial charge in [-0.05, 0) is 44.9 Å². The highest BCUT2D eigenvalue weighted by Gasteiger charge is 1.93. The van der Waals surface area contributed by atoms with Gasteiger partial charge in [-0.25, -0.2) is 0 Å². The van der Waals surface area contributed by atoms with Crippen LogP contribution in [0.4, 0.5) is 0 Å². The molecule has 0 amide bonds. The zero-order valence-electron chi connectivity index (χ0n) is 15.5. The monoisotopic (exact) mass is 330 g/mol. The first-order chi connectivity index (χ1) is 12.1. The SMILES string of the molecule is CC\C(C)=C/C=C(C)/C=C/c1cnc(/C=C/c2ccc(C)cc2)cn1. The highest BCUT2D eigenvalue weighted by Crippen LogP contribution is 2.09. The number of hydrogen-bond donors (Lipinski definition) is 0. The minimum Gasteiger partial charge on any atom is -0.253 e. The van der Waals surface area contributed by atoms with Gasteiger partial charge in [0.2, 0.25) is 0 Å². The van der Waals surface area contributed by atoms with Crippen molar-refractivity contribution in [3.8, 4) is 0 Å². The molecule has 0 atom stereocenters. The quantitative estimate of drug-likeness (QED) is 0.583. The molecule has 0 fully saturated rings. The topological polar surface area (TPSA) is 25.8 Å². The summed E-state index contributed by atoms with van der Waals surface area (Å²) in [5.74, 6) is 0. The summed E-state index contributed by atoms with van der Waals surface area (Å²) in [6, 6.07) is 8.40. The predicted molar refractivity (Wildman–Crippen MR) is 109 cm³/mol. The molecule has 2 nitrogen and oxygen atoms in total. The van der Waals surface area contributed by atoms with E-state index in [-0.39, 0.29) is 0 Å². The zero-order valence-corrected chi connectivity index (χ0v) is 15.5. The smallest absolute Gasteiger partial charge is 0.0813 e. The molecule has 0 radical (unpaired) electrons. The lowest BCUT2D eigenvalue weighted by molar-refractivity contribution is 1.10. The molecule has 0 spiro atoms. The Morgan fingerprint density at radius 2 is 1.52 bits per heavy atom. The number of allylic oxidation sites excluding steroid dienone is 5. The van der Waals surface area contributed by atoms with E-state index in [9.17, 15) is 0 Å². The molecule has 0 N–H and O–H groups in total. The molecule has 0 aliphatic carbocycles. The molecule has 0 saturated carbocycles. The van der Waals surface area contributed by atoms with E-state index < -0.39 is 0 Å². The summed E-state index contributed by atoms with van der Waals surface area (Å²) in [4.78, 5) is 8.89. The first-order valence-electron chi connectivity index (χ1n) is 8.66. The first kappa shape index (κ1) is 18.6. The molecule has 2 rings (SSSR count). The second-order valence-corrected chi connectivity index (χ2v) is 6.22. The molecule has 0 bridgehead atoms. The van der Waals surface area contributed by atoms with Crippen molar-refractivity contribution in [2.75, 3.05) is 0 Å². The molecule has 128 valence electrons. The summed E-state index contributed by atoms with van der Waals surface area (Å²) in [7, 11) is 0. The average molecular weight is 330 g/mol. The third-order valence-electron chi connectivity index (χ3n) is 3.92.